The average Bonchev–Trinajstić information content (AvgIpc) is 2.54. The number of carbonyl (C=O) groups excluding carboxylic acids is 2. The molecule has 0 heterocycles. The van der Waals surface area contributed by atoms with E-state index in [-0.39, 0.29) is 12.3 Å². The van der Waals surface area contributed by atoms with Gasteiger partial charge in [0.2, 0.25) is 5.91 Å². The number of rotatable bonds is 7. The van der Waals surface area contributed by atoms with Gasteiger partial charge in [-0.1, -0.05) is 0 Å². The number of nitrogen functional groups attached to an aromatic ring is 1. The number of aliphatic imine (C=N–C) groups is 1. The van der Waals surface area contributed by atoms with E-state index in [2.05, 4.69) is 22.9 Å². The molecule has 0 spiro atoms. The number of allylic oxidation sites excluding steroid dienone is 1. The number of primary amides is 1. The van der Waals surface area contributed by atoms with Crippen LogP contribution in [0.1, 0.15) is 26.3 Å². The maximum atomic E-state index is 12.5. The van der Waals surface area contributed by atoms with Crippen molar-refractivity contribution in [3.8, 4) is 5.75 Å². The first-order chi connectivity index (χ1) is 12.0. The maximum Gasteiger partial charge on any atom is 0.270 e. The molecule has 1 aromatic carbocycles. The van der Waals surface area contributed by atoms with Crippen molar-refractivity contribution in [1.82, 2.24) is 5.32 Å². The Bertz CT molecular complexity index is 768. The molecule has 9 heteroatoms. The molecule has 1 aromatic rings. The van der Waals surface area contributed by atoms with Gasteiger partial charge in [-0.25, -0.2) is 0 Å². The van der Waals surface area contributed by atoms with Crippen molar-refractivity contribution in [2.75, 3.05) is 19.4 Å². The molecule has 8 nitrogen and oxygen atoms in total. The number of nitrogens with one attached hydrogen (secondary N) is 1. The molecule has 0 saturated heterocycles. The Kier molecular flexibility index (Phi) is 7.08. The molecule has 26 heavy (non-hydrogen) atoms. The summed E-state index contributed by atoms with van der Waals surface area (Å²) in [7, 11) is 1.45. The molecule has 0 aliphatic carbocycles. The zero-order valence-corrected chi connectivity index (χ0v) is 16.2. The van der Waals surface area contributed by atoms with Gasteiger partial charge in [-0.05, 0) is 39.0 Å². The van der Waals surface area contributed by atoms with Crippen molar-refractivity contribution in [3.63, 3.8) is 0 Å². The van der Waals surface area contributed by atoms with Gasteiger partial charge < -0.3 is 27.3 Å². The second kappa shape index (κ2) is 8.61. The van der Waals surface area contributed by atoms with Crippen LogP contribution in [0.4, 0.5) is 5.69 Å². The van der Waals surface area contributed by atoms with Crippen LogP contribution in [0.15, 0.2) is 33.8 Å². The molecule has 0 aromatic heterocycles. The van der Waals surface area contributed by atoms with Crippen molar-refractivity contribution in [2.45, 2.75) is 26.3 Å². The molecule has 7 N–H and O–H groups in total. The van der Waals surface area contributed by atoms with Crippen molar-refractivity contribution in [1.29, 1.82) is 0 Å². The lowest BCUT2D eigenvalue weighted by atomic mass is 10.0. The predicted molar refractivity (Wildman–Crippen MR) is 106 cm³/mol. The van der Waals surface area contributed by atoms with E-state index in [0.29, 0.717) is 27.6 Å². The molecule has 0 aliphatic heterocycles. The van der Waals surface area contributed by atoms with E-state index in [1.165, 1.54) is 20.9 Å². The first kappa shape index (κ1) is 21.4. The van der Waals surface area contributed by atoms with Gasteiger partial charge in [0, 0.05) is 28.9 Å². The molecule has 0 bridgehead atoms. The lowest BCUT2D eigenvalue weighted by molar-refractivity contribution is -0.127. The Morgan fingerprint density at radius 1 is 1.31 bits per heavy atom. The number of ether oxygens (including phenoxy) is 1. The zero-order valence-electron chi connectivity index (χ0n) is 15.3. The van der Waals surface area contributed by atoms with Crippen molar-refractivity contribution in [2.24, 2.45) is 16.5 Å². The van der Waals surface area contributed by atoms with Gasteiger partial charge in [0.1, 0.15) is 23.6 Å². The zero-order chi connectivity index (χ0) is 20.1. The van der Waals surface area contributed by atoms with Gasteiger partial charge in [0.15, 0.2) is 0 Å². The third-order valence-electron chi connectivity index (χ3n) is 3.59. The molecule has 0 saturated carbocycles. The summed E-state index contributed by atoms with van der Waals surface area (Å²) in [6, 6.07) is 4.84. The Labute approximate surface area is 158 Å². The second-order valence-corrected chi connectivity index (χ2v) is 6.72. The molecule has 0 atom stereocenters. The van der Waals surface area contributed by atoms with Gasteiger partial charge in [-0.3, -0.25) is 14.6 Å². The van der Waals surface area contributed by atoms with Crippen molar-refractivity contribution < 1.29 is 14.3 Å². The Balaban J connectivity index is 3.11. The van der Waals surface area contributed by atoms with Crippen LogP contribution in [-0.4, -0.2) is 36.7 Å². The summed E-state index contributed by atoms with van der Waals surface area (Å²) in [5.41, 5.74) is 17.0. The summed E-state index contributed by atoms with van der Waals surface area (Å²) >= 11 is 4.23. The fourth-order valence-electron chi connectivity index (χ4n) is 1.84. The predicted octanol–water partition coefficient (Wildman–Crippen LogP) is 0.567. The average molecular weight is 379 g/mol. The maximum absolute atomic E-state index is 12.5. The number of amides is 2. The monoisotopic (exact) mass is 379 g/mol. The molecule has 1 rings (SSSR count). The highest BCUT2D eigenvalue weighted by molar-refractivity contribution is 7.84. The lowest BCUT2D eigenvalue weighted by Crippen LogP contribution is -2.54. The second-order valence-electron chi connectivity index (χ2n) is 6.18. The number of benzene rings is 1. The number of carbonyl (C=O) groups is 2. The van der Waals surface area contributed by atoms with E-state index in [1.807, 2.05) is 0 Å². The van der Waals surface area contributed by atoms with Crippen LogP contribution in [0.25, 0.3) is 0 Å². The van der Waals surface area contributed by atoms with Crippen LogP contribution in [0.5, 0.6) is 5.75 Å². The Hall–Kier alpha value is -2.68. The first-order valence-corrected chi connectivity index (χ1v) is 8.20. The summed E-state index contributed by atoms with van der Waals surface area (Å²) in [6.45, 7) is 4.89. The number of nitrogens with two attached hydrogens (primary N) is 3. The van der Waals surface area contributed by atoms with E-state index >= 15 is 0 Å². The largest absolute Gasteiger partial charge is 0.488 e. The van der Waals surface area contributed by atoms with Crippen LogP contribution in [0, 0.1) is 0 Å². The van der Waals surface area contributed by atoms with E-state index in [0.717, 1.165) is 0 Å². The molecule has 2 amide bonds. The van der Waals surface area contributed by atoms with E-state index in [4.69, 9.17) is 21.9 Å². The summed E-state index contributed by atoms with van der Waals surface area (Å²) < 4.78 is 5.61. The van der Waals surface area contributed by atoms with Gasteiger partial charge >= 0.3 is 0 Å². The minimum absolute atomic E-state index is 0.0546. The molecular formula is C17H25N5O3S. The number of anilines is 1. The standard InChI is InChI=1S/C17H25N5O3S/c1-9(18)13(26)8-25-10-5-6-12(19)11(7-10)14(21-4)15(23)22-17(2,3)16(20)24/h5-7,26H,8,18-19H2,1-4H3,(H2,20,24)(H,22,23)/b13-9-,21-14?. The van der Waals surface area contributed by atoms with Gasteiger partial charge in [0.25, 0.3) is 5.91 Å². The number of thiol groups is 1. The highest BCUT2D eigenvalue weighted by Gasteiger charge is 2.29. The lowest BCUT2D eigenvalue weighted by Gasteiger charge is -2.23. The quantitative estimate of drug-likeness (QED) is 0.267. The summed E-state index contributed by atoms with van der Waals surface area (Å²) in [6.07, 6.45) is 0. The third kappa shape index (κ3) is 5.41. The van der Waals surface area contributed by atoms with E-state index in [9.17, 15) is 9.59 Å². The number of hydrogen-bond acceptors (Lipinski definition) is 7. The molecule has 0 aliphatic rings. The normalized spacial score (nSPS) is 13.0. The van der Waals surface area contributed by atoms with Crippen LogP contribution >= 0.6 is 12.6 Å². The molecule has 0 unspecified atom stereocenters. The molecule has 0 radical (unpaired) electrons. The Morgan fingerprint density at radius 2 is 1.92 bits per heavy atom. The third-order valence-corrected chi connectivity index (χ3v) is 4.07. The van der Waals surface area contributed by atoms with Crippen LogP contribution in [0.2, 0.25) is 0 Å². The van der Waals surface area contributed by atoms with Crippen LogP contribution in [-0.2, 0) is 9.59 Å². The summed E-state index contributed by atoms with van der Waals surface area (Å²) in [5.74, 6) is -0.783. The number of hydrogen-bond donors (Lipinski definition) is 5. The van der Waals surface area contributed by atoms with Crippen LogP contribution < -0.4 is 27.3 Å². The van der Waals surface area contributed by atoms with Gasteiger partial charge in [0.05, 0.1) is 0 Å². The van der Waals surface area contributed by atoms with Crippen molar-refractivity contribution in [3.05, 3.63) is 34.4 Å². The van der Waals surface area contributed by atoms with Gasteiger partial charge in [-0.15, -0.1) is 12.6 Å². The van der Waals surface area contributed by atoms with Gasteiger partial charge in [-0.2, -0.15) is 0 Å². The van der Waals surface area contributed by atoms with Crippen molar-refractivity contribution >= 4 is 35.8 Å². The first-order valence-electron chi connectivity index (χ1n) is 7.75. The molecular weight excluding hydrogens is 354 g/mol. The summed E-state index contributed by atoms with van der Waals surface area (Å²) in [4.78, 5) is 28.6. The fourth-order valence-corrected chi connectivity index (χ4v) is 1.91. The van der Waals surface area contributed by atoms with E-state index < -0.39 is 17.4 Å². The smallest absolute Gasteiger partial charge is 0.270 e. The fraction of sp³-hybridized carbons (Fsp3) is 0.353. The highest BCUT2D eigenvalue weighted by Crippen LogP contribution is 2.22. The minimum atomic E-state index is -1.24. The number of nitrogens with zero attached hydrogens (tertiary/aromatic N) is 1. The van der Waals surface area contributed by atoms with E-state index in [1.54, 1.807) is 25.1 Å². The minimum Gasteiger partial charge on any atom is -0.488 e. The SMILES string of the molecule is CN=C(C(=O)NC(C)(C)C(N)=O)c1cc(OC/C(S)=C(\C)N)ccc1N. The molecule has 0 fully saturated rings. The highest BCUT2D eigenvalue weighted by atomic mass is 32.1. The topological polar surface area (TPSA) is 146 Å². The Morgan fingerprint density at radius 3 is 2.42 bits per heavy atom. The molecule has 142 valence electrons. The summed E-state index contributed by atoms with van der Waals surface area (Å²) in [5, 5.41) is 2.54. The van der Waals surface area contributed by atoms with Crippen LogP contribution in [0.3, 0.4) is 0 Å².